The van der Waals surface area contributed by atoms with Crippen molar-refractivity contribution in [3.05, 3.63) is 77.4 Å². The molecule has 1 aliphatic carbocycles. The van der Waals surface area contributed by atoms with Crippen molar-refractivity contribution < 1.29 is 24.2 Å². The second kappa shape index (κ2) is 15.0. The van der Waals surface area contributed by atoms with Gasteiger partial charge in [0.05, 0.1) is 32.0 Å². The second-order valence-corrected chi connectivity index (χ2v) is 12.5. The summed E-state index contributed by atoms with van der Waals surface area (Å²) in [6.07, 6.45) is 7.10. The number of likely N-dealkylation sites (N-methyl/N-ethyl adjacent to an activating group) is 1. The Morgan fingerprint density at radius 2 is 1.91 bits per heavy atom. The zero-order chi connectivity index (χ0) is 31.0. The molecule has 2 aromatic carbocycles. The van der Waals surface area contributed by atoms with Crippen molar-refractivity contribution in [1.82, 2.24) is 15.5 Å². The third-order valence-electron chi connectivity index (χ3n) is 8.87. The lowest BCUT2D eigenvalue weighted by Crippen LogP contribution is -2.56. The van der Waals surface area contributed by atoms with E-state index in [1.165, 1.54) is 0 Å². The van der Waals surface area contributed by atoms with Crippen LogP contribution in [0, 0.1) is 5.41 Å². The minimum absolute atomic E-state index is 0.0335. The van der Waals surface area contributed by atoms with Crippen LogP contribution in [0.5, 0.6) is 5.75 Å². The quantitative estimate of drug-likeness (QED) is 0.379. The van der Waals surface area contributed by atoms with E-state index in [1.54, 1.807) is 19.1 Å². The van der Waals surface area contributed by atoms with Crippen molar-refractivity contribution in [2.75, 3.05) is 27.3 Å². The van der Waals surface area contributed by atoms with Gasteiger partial charge in [-0.15, -0.1) is 0 Å². The van der Waals surface area contributed by atoms with Gasteiger partial charge in [-0.05, 0) is 54.5 Å². The van der Waals surface area contributed by atoms with Crippen LogP contribution >= 0.6 is 0 Å². The molecule has 4 rings (SSSR count). The van der Waals surface area contributed by atoms with Crippen LogP contribution in [0.25, 0.3) is 0 Å². The number of aliphatic hydroxyl groups excluding tert-OH is 1. The molecule has 0 aromatic heterocycles. The summed E-state index contributed by atoms with van der Waals surface area (Å²) in [7, 11) is 3.37. The number of β-amino-alcohol motifs (C(OH)–C–C–N with tert-alkyl or cyclic N) is 1. The van der Waals surface area contributed by atoms with Gasteiger partial charge in [-0.2, -0.15) is 0 Å². The summed E-state index contributed by atoms with van der Waals surface area (Å²) in [5, 5.41) is 18.2. The summed E-state index contributed by atoms with van der Waals surface area (Å²) >= 11 is 0. The predicted octanol–water partition coefficient (Wildman–Crippen LogP) is 4.88. The van der Waals surface area contributed by atoms with Gasteiger partial charge in [0.2, 0.25) is 11.8 Å². The molecule has 5 atom stereocenters. The van der Waals surface area contributed by atoms with Gasteiger partial charge in [-0.1, -0.05) is 82.2 Å². The number of unbranched alkanes of at least 4 members (excludes halogenated alkanes) is 1. The fraction of sp³-hybridized carbons (Fsp3) is 0.543. The van der Waals surface area contributed by atoms with Crippen molar-refractivity contribution in [3.63, 3.8) is 0 Å². The number of methoxy groups -OCH3 is 1. The minimum Gasteiger partial charge on any atom is -0.497 e. The van der Waals surface area contributed by atoms with Crippen LogP contribution in [0.4, 0.5) is 0 Å². The number of hydrogen-bond donors (Lipinski definition) is 3. The Morgan fingerprint density at radius 3 is 2.63 bits per heavy atom. The van der Waals surface area contributed by atoms with Gasteiger partial charge in [0.15, 0.2) is 0 Å². The first-order valence-electron chi connectivity index (χ1n) is 15.6. The standard InChI is InChI=1S/C35H49N3O5/c1-6-7-18-35(2,3)34(41)38(4)30-15-11-12-19-43-32-22-28(27-21-25(42-5)16-17-26(27)32)36-23-31(39)29(37-33(30)40)20-24-13-9-8-10-14-24/h8-14,16-17,21,28-32,36,39H,6-7,15,18-20,22-23H2,1-5H3,(H,37,40)/b12-11+/t28-,29-,30-,31+,32+/m0/s1. The lowest BCUT2D eigenvalue weighted by molar-refractivity contribution is -0.146. The van der Waals surface area contributed by atoms with E-state index in [-0.39, 0.29) is 30.5 Å². The van der Waals surface area contributed by atoms with E-state index < -0.39 is 23.6 Å². The molecule has 0 radical (unpaired) electrons. The first-order chi connectivity index (χ1) is 20.6. The first-order valence-corrected chi connectivity index (χ1v) is 15.6. The third-order valence-corrected chi connectivity index (χ3v) is 8.87. The van der Waals surface area contributed by atoms with E-state index >= 15 is 0 Å². The Morgan fingerprint density at radius 1 is 1.14 bits per heavy atom. The Labute approximate surface area is 256 Å². The summed E-state index contributed by atoms with van der Waals surface area (Å²) < 4.78 is 11.8. The number of fused-ring (bicyclic) bond motifs is 5. The molecule has 8 nitrogen and oxygen atoms in total. The van der Waals surface area contributed by atoms with Crippen LogP contribution in [0.3, 0.4) is 0 Å². The number of nitrogens with zero attached hydrogens (tertiary/aromatic N) is 1. The molecule has 2 bridgehead atoms. The lowest BCUT2D eigenvalue weighted by atomic mass is 9.85. The number of nitrogens with one attached hydrogen (secondary N) is 2. The SMILES string of the molecule is CCCCC(C)(C)C(=O)N(C)[C@H]1C/C=C/CO[C@@H]2C[C@H](NC[C@@H](O)[C@H](Cc3ccccc3)NC1=O)c1cc(OC)ccc12. The summed E-state index contributed by atoms with van der Waals surface area (Å²) in [4.78, 5) is 29.2. The summed E-state index contributed by atoms with van der Waals surface area (Å²) in [5.74, 6) is 0.437. The Bertz CT molecular complexity index is 1250. The molecule has 0 saturated heterocycles. The van der Waals surface area contributed by atoms with E-state index in [9.17, 15) is 14.7 Å². The fourth-order valence-electron chi connectivity index (χ4n) is 6.18. The van der Waals surface area contributed by atoms with Crippen molar-refractivity contribution >= 4 is 11.8 Å². The van der Waals surface area contributed by atoms with Crippen molar-refractivity contribution in [1.29, 1.82) is 0 Å². The van der Waals surface area contributed by atoms with Crippen LogP contribution in [0.1, 0.15) is 81.7 Å². The van der Waals surface area contributed by atoms with E-state index in [0.717, 1.165) is 48.1 Å². The lowest BCUT2D eigenvalue weighted by Gasteiger charge is -2.35. The van der Waals surface area contributed by atoms with Crippen molar-refractivity contribution in [2.24, 2.45) is 5.41 Å². The monoisotopic (exact) mass is 591 g/mol. The predicted molar refractivity (Wildman–Crippen MR) is 169 cm³/mol. The average Bonchev–Trinajstić information content (AvgIpc) is 3.35. The number of aliphatic hydroxyl groups is 1. The highest BCUT2D eigenvalue weighted by molar-refractivity contribution is 5.90. The van der Waals surface area contributed by atoms with Crippen LogP contribution in [-0.2, 0) is 20.7 Å². The minimum atomic E-state index is -0.874. The number of amides is 2. The summed E-state index contributed by atoms with van der Waals surface area (Å²) in [6, 6.07) is 14.6. The smallest absolute Gasteiger partial charge is 0.243 e. The number of carbonyl (C=O) groups is 2. The van der Waals surface area contributed by atoms with E-state index in [4.69, 9.17) is 9.47 Å². The van der Waals surface area contributed by atoms with Crippen molar-refractivity contribution in [2.45, 2.75) is 89.6 Å². The highest BCUT2D eigenvalue weighted by Crippen LogP contribution is 2.42. The Kier molecular flexibility index (Phi) is 11.4. The summed E-state index contributed by atoms with van der Waals surface area (Å²) in [6.45, 7) is 6.67. The highest BCUT2D eigenvalue weighted by Gasteiger charge is 2.37. The molecule has 2 aromatic rings. The molecule has 0 saturated carbocycles. The molecule has 43 heavy (non-hydrogen) atoms. The molecule has 234 valence electrons. The van der Waals surface area contributed by atoms with E-state index in [2.05, 4.69) is 23.6 Å². The van der Waals surface area contributed by atoms with E-state index in [1.807, 2.05) is 68.5 Å². The van der Waals surface area contributed by atoms with E-state index in [0.29, 0.717) is 19.4 Å². The maximum absolute atomic E-state index is 13.9. The fourth-order valence-corrected chi connectivity index (χ4v) is 6.18. The molecule has 0 spiro atoms. The molecular formula is C35H49N3O5. The average molecular weight is 592 g/mol. The summed E-state index contributed by atoms with van der Waals surface area (Å²) in [5.41, 5.74) is 2.63. The van der Waals surface area contributed by atoms with Crippen molar-refractivity contribution in [3.8, 4) is 5.75 Å². The van der Waals surface area contributed by atoms with Gasteiger partial charge >= 0.3 is 0 Å². The zero-order valence-electron chi connectivity index (χ0n) is 26.3. The largest absolute Gasteiger partial charge is 0.497 e. The van der Waals surface area contributed by atoms with Gasteiger partial charge in [0.25, 0.3) is 0 Å². The molecular weight excluding hydrogens is 542 g/mol. The Hall–Kier alpha value is -3.20. The maximum Gasteiger partial charge on any atom is 0.243 e. The molecule has 3 N–H and O–H groups in total. The van der Waals surface area contributed by atoms with Gasteiger partial charge in [-0.25, -0.2) is 0 Å². The van der Waals surface area contributed by atoms with Gasteiger partial charge < -0.3 is 30.1 Å². The molecule has 1 heterocycles. The number of carbonyl (C=O) groups excluding carboxylic acids is 2. The number of rotatable bonds is 8. The normalized spacial score (nSPS) is 25.5. The second-order valence-electron chi connectivity index (χ2n) is 12.5. The third kappa shape index (κ3) is 8.25. The maximum atomic E-state index is 13.9. The molecule has 0 fully saturated rings. The first kappa shape index (κ1) is 32.7. The molecule has 0 unspecified atom stereocenters. The van der Waals surface area contributed by atoms with Gasteiger partial charge in [0, 0.05) is 25.0 Å². The highest BCUT2D eigenvalue weighted by atomic mass is 16.5. The molecule has 8 heteroatoms. The number of hydrogen-bond acceptors (Lipinski definition) is 6. The molecule has 2 amide bonds. The van der Waals surface area contributed by atoms with Gasteiger partial charge in [-0.3, -0.25) is 9.59 Å². The van der Waals surface area contributed by atoms with Crippen LogP contribution in [0.15, 0.2) is 60.7 Å². The zero-order valence-corrected chi connectivity index (χ0v) is 26.3. The van der Waals surface area contributed by atoms with Crippen LogP contribution in [0.2, 0.25) is 0 Å². The Balaban J connectivity index is 1.63. The number of benzene rings is 2. The van der Waals surface area contributed by atoms with Crippen LogP contribution in [-0.4, -0.2) is 67.3 Å². The topological polar surface area (TPSA) is 100 Å². The molecule has 2 aliphatic rings. The van der Waals surface area contributed by atoms with Crippen LogP contribution < -0.4 is 15.4 Å². The molecule has 1 aliphatic heterocycles. The number of ether oxygens (including phenoxy) is 2. The van der Waals surface area contributed by atoms with Gasteiger partial charge in [0.1, 0.15) is 11.8 Å².